The molecule has 0 saturated carbocycles. The Bertz CT molecular complexity index is 438. The molecule has 1 N–H and O–H groups in total. The SMILES string of the molecule is CNC(=O)Cc1ccc(S(=O)(=O)Cl)s1. The standard InChI is InChI=1S/C7H8ClNO3S2/c1-9-6(10)4-5-2-3-7(13-5)14(8,11)12/h2-3H,4H2,1H3,(H,9,10). The molecule has 0 saturated heterocycles. The molecule has 0 aliphatic heterocycles. The van der Waals surface area contributed by atoms with E-state index in [1.165, 1.54) is 13.1 Å². The third kappa shape index (κ3) is 2.97. The van der Waals surface area contributed by atoms with Crippen LogP contribution in [0.3, 0.4) is 0 Å². The molecule has 0 fully saturated rings. The highest BCUT2D eigenvalue weighted by molar-refractivity contribution is 8.15. The smallest absolute Gasteiger partial charge is 0.270 e. The molecule has 7 heteroatoms. The zero-order valence-electron chi connectivity index (χ0n) is 7.28. The van der Waals surface area contributed by atoms with Crippen LogP contribution >= 0.6 is 22.0 Å². The molecule has 1 heterocycles. The summed E-state index contributed by atoms with van der Waals surface area (Å²) in [5, 5.41) is 2.45. The Morgan fingerprint density at radius 2 is 2.21 bits per heavy atom. The number of carbonyl (C=O) groups excluding carboxylic acids is 1. The molecule has 1 amide bonds. The van der Waals surface area contributed by atoms with E-state index in [9.17, 15) is 13.2 Å². The molecular weight excluding hydrogens is 246 g/mol. The second-order valence-corrected chi connectivity index (χ2v) is 6.47. The number of nitrogens with one attached hydrogen (secondary N) is 1. The summed E-state index contributed by atoms with van der Waals surface area (Å²) in [7, 11) is 2.98. The van der Waals surface area contributed by atoms with Gasteiger partial charge in [-0.2, -0.15) is 0 Å². The Hall–Kier alpha value is -0.590. The van der Waals surface area contributed by atoms with E-state index in [1.807, 2.05) is 0 Å². The number of thiophene rings is 1. The minimum absolute atomic E-state index is 0.0677. The minimum Gasteiger partial charge on any atom is -0.359 e. The number of halogens is 1. The van der Waals surface area contributed by atoms with Crippen molar-refractivity contribution in [2.75, 3.05) is 7.05 Å². The van der Waals surface area contributed by atoms with Gasteiger partial charge in [-0.1, -0.05) is 0 Å². The second kappa shape index (κ2) is 4.29. The molecule has 0 unspecified atom stereocenters. The van der Waals surface area contributed by atoms with Gasteiger partial charge in [0.15, 0.2) is 0 Å². The van der Waals surface area contributed by atoms with E-state index in [4.69, 9.17) is 10.7 Å². The van der Waals surface area contributed by atoms with Crippen LogP contribution in [0.1, 0.15) is 4.88 Å². The summed E-state index contributed by atoms with van der Waals surface area (Å²) in [6, 6.07) is 2.97. The van der Waals surface area contributed by atoms with Crippen molar-refractivity contribution in [2.24, 2.45) is 0 Å². The van der Waals surface area contributed by atoms with Gasteiger partial charge in [0, 0.05) is 22.6 Å². The van der Waals surface area contributed by atoms with E-state index in [2.05, 4.69) is 5.32 Å². The molecule has 0 aliphatic rings. The predicted molar refractivity (Wildman–Crippen MR) is 55.1 cm³/mol. The van der Waals surface area contributed by atoms with Gasteiger partial charge < -0.3 is 5.32 Å². The van der Waals surface area contributed by atoms with Gasteiger partial charge in [-0.05, 0) is 12.1 Å². The fraction of sp³-hybridized carbons (Fsp3) is 0.286. The van der Waals surface area contributed by atoms with Gasteiger partial charge in [-0.15, -0.1) is 11.3 Å². The highest BCUT2D eigenvalue weighted by Crippen LogP contribution is 2.24. The molecule has 4 nitrogen and oxygen atoms in total. The Kier molecular flexibility index (Phi) is 3.52. The van der Waals surface area contributed by atoms with Crippen LogP contribution in [0.25, 0.3) is 0 Å². The van der Waals surface area contributed by atoms with Crippen molar-refractivity contribution in [2.45, 2.75) is 10.6 Å². The Morgan fingerprint density at radius 1 is 1.57 bits per heavy atom. The van der Waals surface area contributed by atoms with Crippen LogP contribution in [0.4, 0.5) is 0 Å². The lowest BCUT2D eigenvalue weighted by Gasteiger charge is -1.94. The van der Waals surface area contributed by atoms with Crippen LogP contribution in [0.2, 0.25) is 0 Å². The van der Waals surface area contributed by atoms with Gasteiger partial charge in [0.2, 0.25) is 5.91 Å². The maximum absolute atomic E-state index is 11.0. The first kappa shape index (κ1) is 11.5. The van der Waals surface area contributed by atoms with Crippen molar-refractivity contribution >= 4 is 37.0 Å². The van der Waals surface area contributed by atoms with Crippen LogP contribution in [0.5, 0.6) is 0 Å². The van der Waals surface area contributed by atoms with Gasteiger partial charge in [-0.25, -0.2) is 8.42 Å². The zero-order chi connectivity index (χ0) is 10.8. The monoisotopic (exact) mass is 253 g/mol. The lowest BCUT2D eigenvalue weighted by atomic mass is 10.3. The predicted octanol–water partition coefficient (Wildman–Crippen LogP) is 0.964. The summed E-state index contributed by atoms with van der Waals surface area (Å²) in [4.78, 5) is 11.6. The lowest BCUT2D eigenvalue weighted by molar-refractivity contribution is -0.119. The van der Waals surface area contributed by atoms with Crippen LogP contribution in [-0.4, -0.2) is 21.4 Å². The van der Waals surface area contributed by atoms with E-state index in [0.29, 0.717) is 4.88 Å². The summed E-state index contributed by atoms with van der Waals surface area (Å²) in [6.45, 7) is 0. The van der Waals surface area contributed by atoms with E-state index in [1.54, 1.807) is 6.07 Å². The molecule has 14 heavy (non-hydrogen) atoms. The molecule has 1 rings (SSSR count). The molecule has 1 aromatic heterocycles. The second-order valence-electron chi connectivity index (χ2n) is 2.51. The number of carbonyl (C=O) groups is 1. The van der Waals surface area contributed by atoms with Crippen molar-refractivity contribution in [1.29, 1.82) is 0 Å². The number of hydrogen-bond donors (Lipinski definition) is 1. The summed E-state index contributed by atoms with van der Waals surface area (Å²) in [5.74, 6) is -0.162. The quantitative estimate of drug-likeness (QED) is 0.817. The fourth-order valence-corrected chi connectivity index (χ4v) is 2.95. The normalized spacial score (nSPS) is 11.3. The number of amides is 1. The highest BCUT2D eigenvalue weighted by Gasteiger charge is 2.13. The van der Waals surface area contributed by atoms with Gasteiger partial charge in [-0.3, -0.25) is 4.79 Å². The first-order valence-corrected chi connectivity index (χ1v) is 6.80. The fourth-order valence-electron chi connectivity index (χ4n) is 0.831. The summed E-state index contributed by atoms with van der Waals surface area (Å²) in [5.41, 5.74) is 0. The Labute approximate surface area is 90.3 Å². The summed E-state index contributed by atoms with van der Waals surface area (Å²) >= 11 is 1.00. The van der Waals surface area contributed by atoms with Crippen molar-refractivity contribution in [1.82, 2.24) is 5.32 Å². The van der Waals surface area contributed by atoms with Gasteiger partial charge in [0.05, 0.1) is 6.42 Å². The molecule has 0 radical (unpaired) electrons. The van der Waals surface area contributed by atoms with Crippen LogP contribution in [0, 0.1) is 0 Å². The van der Waals surface area contributed by atoms with Crippen LogP contribution in [0.15, 0.2) is 16.3 Å². The maximum atomic E-state index is 11.0. The average Bonchev–Trinajstić information content (AvgIpc) is 2.51. The Balaban J connectivity index is 2.84. The van der Waals surface area contributed by atoms with Crippen molar-refractivity contribution in [3.63, 3.8) is 0 Å². The Morgan fingerprint density at radius 3 is 2.64 bits per heavy atom. The van der Waals surface area contributed by atoms with E-state index in [0.717, 1.165) is 11.3 Å². The van der Waals surface area contributed by atoms with Crippen molar-refractivity contribution in [3.05, 3.63) is 17.0 Å². The van der Waals surface area contributed by atoms with Gasteiger partial charge in [0.25, 0.3) is 9.05 Å². The van der Waals surface area contributed by atoms with E-state index in [-0.39, 0.29) is 16.5 Å². The van der Waals surface area contributed by atoms with E-state index >= 15 is 0 Å². The highest BCUT2D eigenvalue weighted by atomic mass is 35.7. The minimum atomic E-state index is -3.67. The largest absolute Gasteiger partial charge is 0.359 e. The molecule has 0 spiro atoms. The molecule has 0 aliphatic carbocycles. The molecule has 1 aromatic rings. The summed E-state index contributed by atoms with van der Waals surface area (Å²) < 4.78 is 21.8. The number of likely N-dealkylation sites (N-methyl/N-ethyl adjacent to an activating group) is 1. The summed E-state index contributed by atoms with van der Waals surface area (Å²) in [6.07, 6.45) is 0.174. The van der Waals surface area contributed by atoms with Crippen molar-refractivity contribution in [3.8, 4) is 0 Å². The third-order valence-corrected chi connectivity index (χ3v) is 4.67. The zero-order valence-corrected chi connectivity index (χ0v) is 9.67. The van der Waals surface area contributed by atoms with Crippen LogP contribution < -0.4 is 5.32 Å². The number of hydrogen-bond acceptors (Lipinski definition) is 4. The van der Waals surface area contributed by atoms with Crippen LogP contribution in [-0.2, 0) is 20.3 Å². The number of rotatable bonds is 3. The molecule has 0 bridgehead atoms. The van der Waals surface area contributed by atoms with Crippen molar-refractivity contribution < 1.29 is 13.2 Å². The van der Waals surface area contributed by atoms with Gasteiger partial charge >= 0.3 is 0 Å². The first-order chi connectivity index (χ1) is 6.43. The molecule has 0 atom stereocenters. The third-order valence-electron chi connectivity index (χ3n) is 1.49. The topological polar surface area (TPSA) is 63.2 Å². The average molecular weight is 254 g/mol. The van der Waals surface area contributed by atoms with E-state index < -0.39 is 9.05 Å². The molecule has 0 aromatic carbocycles. The molecule has 78 valence electrons. The first-order valence-electron chi connectivity index (χ1n) is 3.67. The lowest BCUT2D eigenvalue weighted by Crippen LogP contribution is -2.19. The van der Waals surface area contributed by atoms with Gasteiger partial charge in [0.1, 0.15) is 4.21 Å². The maximum Gasteiger partial charge on any atom is 0.270 e. The molecular formula is C7H8ClNO3S2.